The number of carboxylic acid groups (broad SMARTS) is 1. The lowest BCUT2D eigenvalue weighted by Gasteiger charge is -2.18. The van der Waals surface area contributed by atoms with Gasteiger partial charge in [0.15, 0.2) is 0 Å². The van der Waals surface area contributed by atoms with Gasteiger partial charge in [-0.1, -0.05) is 26.0 Å². The zero-order valence-electron chi connectivity index (χ0n) is 13.3. The van der Waals surface area contributed by atoms with Crippen LogP contribution in [0.4, 0.5) is 0 Å². The minimum Gasteiger partial charge on any atom is -0.494 e. The number of aliphatic carboxylic acids is 1. The molecule has 0 heterocycles. The Bertz CT molecular complexity index is 415. The number of ether oxygens (including phenoxy) is 1. The molecule has 0 amide bonds. The third-order valence-corrected chi connectivity index (χ3v) is 3.29. The van der Waals surface area contributed by atoms with Crippen LogP contribution in [0.2, 0.25) is 0 Å². The summed E-state index contributed by atoms with van der Waals surface area (Å²) in [6.07, 6.45) is 1.92. The summed E-state index contributed by atoms with van der Waals surface area (Å²) in [5.74, 6) is 0.709. The van der Waals surface area contributed by atoms with Crippen molar-refractivity contribution in [2.45, 2.75) is 46.1 Å². The highest BCUT2D eigenvalue weighted by Gasteiger charge is 2.13. The third-order valence-electron chi connectivity index (χ3n) is 3.29. The fourth-order valence-electron chi connectivity index (χ4n) is 2.18. The van der Waals surface area contributed by atoms with E-state index in [0.717, 1.165) is 30.7 Å². The van der Waals surface area contributed by atoms with Crippen molar-refractivity contribution < 1.29 is 14.6 Å². The minimum atomic E-state index is -0.761. The second kappa shape index (κ2) is 9.40. The molecule has 2 N–H and O–H groups in total. The molecule has 0 saturated carbocycles. The molecule has 0 fully saturated rings. The molecule has 4 nitrogen and oxygen atoms in total. The van der Waals surface area contributed by atoms with Crippen molar-refractivity contribution in [2.75, 3.05) is 13.2 Å². The Hall–Kier alpha value is -1.55. The molecule has 0 bridgehead atoms. The average molecular weight is 293 g/mol. The van der Waals surface area contributed by atoms with Crippen molar-refractivity contribution in [3.8, 4) is 5.75 Å². The van der Waals surface area contributed by atoms with Gasteiger partial charge in [0.1, 0.15) is 5.75 Å². The molecule has 4 heteroatoms. The Morgan fingerprint density at radius 3 is 2.48 bits per heavy atom. The predicted molar refractivity (Wildman–Crippen MR) is 84.8 cm³/mol. The molecular formula is C17H27NO3. The van der Waals surface area contributed by atoms with Crippen LogP contribution in [-0.2, 0) is 11.2 Å². The summed E-state index contributed by atoms with van der Waals surface area (Å²) in [4.78, 5) is 11.0. The van der Waals surface area contributed by atoms with E-state index in [4.69, 9.17) is 9.84 Å². The number of nitrogens with one attached hydrogen (secondary N) is 1. The van der Waals surface area contributed by atoms with Crippen LogP contribution in [0.25, 0.3) is 0 Å². The SMILES string of the molecule is CCOc1ccc(CC(CC(=O)O)NCCC(C)C)cc1. The third kappa shape index (κ3) is 7.71. The quantitative estimate of drug-likeness (QED) is 0.696. The molecule has 0 aliphatic rings. The topological polar surface area (TPSA) is 58.6 Å². The van der Waals surface area contributed by atoms with Gasteiger partial charge in [-0.15, -0.1) is 0 Å². The summed E-state index contributed by atoms with van der Waals surface area (Å²) in [5, 5.41) is 12.4. The van der Waals surface area contributed by atoms with Crippen LogP contribution >= 0.6 is 0 Å². The normalized spacial score (nSPS) is 12.4. The van der Waals surface area contributed by atoms with Gasteiger partial charge in [-0.2, -0.15) is 0 Å². The minimum absolute atomic E-state index is 0.0285. The highest BCUT2D eigenvalue weighted by molar-refractivity contribution is 5.67. The van der Waals surface area contributed by atoms with Gasteiger partial charge in [0.2, 0.25) is 0 Å². The summed E-state index contributed by atoms with van der Waals surface area (Å²) in [6, 6.07) is 7.85. The van der Waals surface area contributed by atoms with Crippen molar-refractivity contribution >= 4 is 5.97 Å². The highest BCUT2D eigenvalue weighted by atomic mass is 16.5. The van der Waals surface area contributed by atoms with Gasteiger partial charge in [0, 0.05) is 6.04 Å². The lowest BCUT2D eigenvalue weighted by Crippen LogP contribution is -2.34. The van der Waals surface area contributed by atoms with E-state index < -0.39 is 5.97 Å². The van der Waals surface area contributed by atoms with Crippen LogP contribution in [-0.4, -0.2) is 30.3 Å². The fourth-order valence-corrected chi connectivity index (χ4v) is 2.18. The Balaban J connectivity index is 2.55. The molecule has 1 unspecified atom stereocenters. The predicted octanol–water partition coefficient (Wildman–Crippen LogP) is 3.11. The Morgan fingerprint density at radius 2 is 1.95 bits per heavy atom. The van der Waals surface area contributed by atoms with Gasteiger partial charge < -0.3 is 15.2 Å². The summed E-state index contributed by atoms with van der Waals surface area (Å²) in [6.45, 7) is 7.79. The molecule has 118 valence electrons. The molecule has 1 aromatic rings. The lowest BCUT2D eigenvalue weighted by atomic mass is 10.0. The largest absolute Gasteiger partial charge is 0.494 e. The number of benzene rings is 1. The smallest absolute Gasteiger partial charge is 0.304 e. The van der Waals surface area contributed by atoms with Gasteiger partial charge in [-0.05, 0) is 49.9 Å². The molecule has 0 spiro atoms. The van der Waals surface area contributed by atoms with Gasteiger partial charge in [0.05, 0.1) is 13.0 Å². The first-order valence-electron chi connectivity index (χ1n) is 7.68. The Labute approximate surface area is 127 Å². The van der Waals surface area contributed by atoms with Crippen LogP contribution in [0.5, 0.6) is 5.75 Å². The van der Waals surface area contributed by atoms with Gasteiger partial charge >= 0.3 is 5.97 Å². The molecule has 1 rings (SSSR count). The van der Waals surface area contributed by atoms with Crippen LogP contribution in [0.15, 0.2) is 24.3 Å². The van der Waals surface area contributed by atoms with Crippen molar-refractivity contribution in [3.05, 3.63) is 29.8 Å². The molecule has 0 aromatic heterocycles. The van der Waals surface area contributed by atoms with Crippen LogP contribution in [0.3, 0.4) is 0 Å². The van der Waals surface area contributed by atoms with Crippen LogP contribution in [0, 0.1) is 5.92 Å². The monoisotopic (exact) mass is 293 g/mol. The van der Waals surface area contributed by atoms with Crippen molar-refractivity contribution in [3.63, 3.8) is 0 Å². The molecule has 0 saturated heterocycles. The maximum Gasteiger partial charge on any atom is 0.304 e. The molecule has 0 aliphatic heterocycles. The zero-order valence-corrected chi connectivity index (χ0v) is 13.3. The molecule has 1 aromatic carbocycles. The second-order valence-corrected chi connectivity index (χ2v) is 5.71. The molecule has 0 radical (unpaired) electrons. The summed E-state index contributed by atoms with van der Waals surface area (Å²) in [7, 11) is 0. The van der Waals surface area contributed by atoms with E-state index in [1.807, 2.05) is 31.2 Å². The van der Waals surface area contributed by atoms with E-state index in [2.05, 4.69) is 19.2 Å². The summed E-state index contributed by atoms with van der Waals surface area (Å²) in [5.41, 5.74) is 1.13. The Kier molecular flexibility index (Phi) is 7.83. The molecular weight excluding hydrogens is 266 g/mol. The number of carboxylic acids is 1. The van der Waals surface area contributed by atoms with E-state index in [1.165, 1.54) is 0 Å². The number of hydrogen-bond donors (Lipinski definition) is 2. The standard InChI is InChI=1S/C17H27NO3/c1-4-21-16-7-5-14(6-8-16)11-15(12-17(19)20)18-10-9-13(2)3/h5-8,13,15,18H,4,9-12H2,1-3H3,(H,19,20). The van der Waals surface area contributed by atoms with Crippen molar-refractivity contribution in [2.24, 2.45) is 5.92 Å². The Morgan fingerprint density at radius 1 is 1.29 bits per heavy atom. The van der Waals surface area contributed by atoms with Crippen molar-refractivity contribution in [1.82, 2.24) is 5.32 Å². The molecule has 1 atom stereocenters. The zero-order chi connectivity index (χ0) is 15.7. The van der Waals surface area contributed by atoms with E-state index in [1.54, 1.807) is 0 Å². The van der Waals surface area contributed by atoms with E-state index >= 15 is 0 Å². The summed E-state index contributed by atoms with van der Waals surface area (Å²) >= 11 is 0. The fraction of sp³-hybridized carbons (Fsp3) is 0.588. The van der Waals surface area contributed by atoms with Crippen molar-refractivity contribution in [1.29, 1.82) is 0 Å². The van der Waals surface area contributed by atoms with E-state index in [0.29, 0.717) is 12.5 Å². The van der Waals surface area contributed by atoms with E-state index in [9.17, 15) is 4.79 Å². The number of carbonyl (C=O) groups is 1. The van der Waals surface area contributed by atoms with Gasteiger partial charge in [-0.3, -0.25) is 4.79 Å². The first kappa shape index (κ1) is 17.5. The van der Waals surface area contributed by atoms with Crippen LogP contribution in [0.1, 0.15) is 39.2 Å². The molecule has 21 heavy (non-hydrogen) atoms. The molecule has 0 aliphatic carbocycles. The van der Waals surface area contributed by atoms with Gasteiger partial charge in [-0.25, -0.2) is 0 Å². The lowest BCUT2D eigenvalue weighted by molar-refractivity contribution is -0.137. The number of hydrogen-bond acceptors (Lipinski definition) is 3. The summed E-state index contributed by atoms with van der Waals surface area (Å²) < 4.78 is 5.41. The first-order chi connectivity index (χ1) is 10.0. The first-order valence-corrected chi connectivity index (χ1v) is 7.68. The number of rotatable bonds is 10. The maximum atomic E-state index is 11.0. The second-order valence-electron chi connectivity index (χ2n) is 5.71. The van der Waals surface area contributed by atoms with Crippen LogP contribution < -0.4 is 10.1 Å². The highest BCUT2D eigenvalue weighted by Crippen LogP contribution is 2.14. The van der Waals surface area contributed by atoms with E-state index in [-0.39, 0.29) is 12.5 Å². The van der Waals surface area contributed by atoms with Gasteiger partial charge in [0.25, 0.3) is 0 Å². The maximum absolute atomic E-state index is 11.0. The average Bonchev–Trinajstić information content (AvgIpc) is 2.40.